The predicted molar refractivity (Wildman–Crippen MR) is 100 cm³/mol. The van der Waals surface area contributed by atoms with E-state index >= 15 is 0 Å². The molecule has 0 radical (unpaired) electrons. The minimum absolute atomic E-state index is 0.0666. The highest BCUT2D eigenvalue weighted by Crippen LogP contribution is 2.33. The second-order valence-electron chi connectivity index (χ2n) is 6.44. The number of carboxylic acids is 1. The fourth-order valence-corrected chi connectivity index (χ4v) is 2.80. The lowest BCUT2D eigenvalue weighted by Crippen LogP contribution is -2.16. The van der Waals surface area contributed by atoms with Gasteiger partial charge in [0.05, 0.1) is 16.8 Å². The number of carbonyl (C=O) groups is 2. The zero-order valence-corrected chi connectivity index (χ0v) is 15.1. The summed E-state index contributed by atoms with van der Waals surface area (Å²) in [5.74, 6) is -1.47. The first-order chi connectivity index (χ1) is 13.1. The molecule has 0 heterocycles. The van der Waals surface area contributed by atoms with Crippen LogP contribution in [0.5, 0.6) is 0 Å². The number of halogens is 4. The summed E-state index contributed by atoms with van der Waals surface area (Å²) < 4.78 is 38.1. The molecule has 2 aromatic rings. The Morgan fingerprint density at radius 2 is 1.82 bits per heavy atom. The van der Waals surface area contributed by atoms with Crippen molar-refractivity contribution in [2.75, 3.05) is 5.32 Å². The van der Waals surface area contributed by atoms with Gasteiger partial charge in [0.15, 0.2) is 0 Å². The van der Waals surface area contributed by atoms with Crippen molar-refractivity contribution in [3.05, 3.63) is 63.7 Å². The van der Waals surface area contributed by atoms with Crippen LogP contribution < -0.4 is 5.32 Å². The fraction of sp³-hybridized carbons (Fsp3) is 0.200. The number of nitrogens with one attached hydrogen (secondary N) is 1. The van der Waals surface area contributed by atoms with E-state index in [2.05, 4.69) is 5.32 Å². The molecule has 146 valence electrons. The van der Waals surface area contributed by atoms with Gasteiger partial charge in [-0.05, 0) is 48.2 Å². The van der Waals surface area contributed by atoms with Crippen LogP contribution in [0, 0.1) is 5.92 Å². The van der Waals surface area contributed by atoms with E-state index in [9.17, 15) is 27.9 Å². The lowest BCUT2D eigenvalue weighted by atomic mass is 10.1. The highest BCUT2D eigenvalue weighted by molar-refractivity contribution is 6.32. The van der Waals surface area contributed by atoms with Crippen LogP contribution in [0.25, 0.3) is 12.2 Å². The molecule has 1 aliphatic rings. The monoisotopic (exact) mass is 409 g/mol. The number of carboxylic acid groups (broad SMARTS) is 1. The summed E-state index contributed by atoms with van der Waals surface area (Å²) in [5, 5.41) is 11.9. The number of carbonyl (C=O) groups excluding carboxylic acids is 1. The molecular formula is C20H15ClF3NO3. The number of benzene rings is 2. The molecule has 3 rings (SSSR count). The molecule has 0 bridgehead atoms. The molecule has 1 fully saturated rings. The molecule has 2 N–H and O–H groups in total. The van der Waals surface area contributed by atoms with Gasteiger partial charge >= 0.3 is 12.1 Å². The number of hydrogen-bond donors (Lipinski definition) is 2. The molecule has 1 aliphatic carbocycles. The van der Waals surface area contributed by atoms with Crippen molar-refractivity contribution in [3.63, 3.8) is 0 Å². The molecule has 2 aromatic carbocycles. The van der Waals surface area contributed by atoms with Crippen LogP contribution in [0.4, 0.5) is 18.9 Å². The zero-order valence-electron chi connectivity index (χ0n) is 14.4. The summed E-state index contributed by atoms with van der Waals surface area (Å²) in [6.45, 7) is 0. The number of anilines is 1. The molecule has 0 spiro atoms. The molecule has 28 heavy (non-hydrogen) atoms. The summed E-state index contributed by atoms with van der Waals surface area (Å²) in [4.78, 5) is 23.4. The van der Waals surface area contributed by atoms with E-state index in [4.69, 9.17) is 11.6 Å². The standard InChI is InChI=1S/C20H15ClF3NO3/c21-16-10-14(20(22,23)24)7-6-12(16)3-1-11-2-8-17(15(9-11)19(27)28)25-18(26)13-4-5-13/h1-3,6-10,13H,4-5H2,(H,25,26)(H,27,28). The smallest absolute Gasteiger partial charge is 0.416 e. The third-order valence-electron chi connectivity index (χ3n) is 4.26. The van der Waals surface area contributed by atoms with Crippen molar-refractivity contribution in [2.24, 2.45) is 5.92 Å². The predicted octanol–water partition coefficient (Wildman–Crippen LogP) is 5.58. The summed E-state index contributed by atoms with van der Waals surface area (Å²) in [6, 6.07) is 7.45. The van der Waals surface area contributed by atoms with E-state index in [-0.39, 0.29) is 28.1 Å². The maximum absolute atomic E-state index is 12.7. The Labute approximate surface area is 163 Å². The van der Waals surface area contributed by atoms with Gasteiger partial charge in [-0.1, -0.05) is 35.9 Å². The first-order valence-corrected chi connectivity index (χ1v) is 8.76. The molecule has 4 nitrogen and oxygen atoms in total. The number of rotatable bonds is 5. The van der Waals surface area contributed by atoms with Crippen LogP contribution >= 0.6 is 11.6 Å². The molecule has 1 saturated carbocycles. The van der Waals surface area contributed by atoms with E-state index in [0.29, 0.717) is 11.1 Å². The Morgan fingerprint density at radius 3 is 2.39 bits per heavy atom. The summed E-state index contributed by atoms with van der Waals surface area (Å²) >= 11 is 5.91. The van der Waals surface area contributed by atoms with Crippen molar-refractivity contribution in [1.82, 2.24) is 0 Å². The topological polar surface area (TPSA) is 66.4 Å². The van der Waals surface area contributed by atoms with Crippen molar-refractivity contribution >= 4 is 41.3 Å². The lowest BCUT2D eigenvalue weighted by Gasteiger charge is -2.09. The molecular weight excluding hydrogens is 395 g/mol. The minimum atomic E-state index is -4.48. The Morgan fingerprint density at radius 1 is 1.11 bits per heavy atom. The second-order valence-corrected chi connectivity index (χ2v) is 6.85. The highest BCUT2D eigenvalue weighted by atomic mass is 35.5. The van der Waals surface area contributed by atoms with Crippen molar-refractivity contribution in [1.29, 1.82) is 0 Å². The van der Waals surface area contributed by atoms with Crippen LogP contribution in [0.2, 0.25) is 5.02 Å². The SMILES string of the molecule is O=C(O)c1cc(C=Cc2ccc(C(F)(F)F)cc2Cl)ccc1NC(=O)C1CC1. The van der Waals surface area contributed by atoms with Gasteiger partial charge in [0.1, 0.15) is 0 Å². The molecule has 0 aliphatic heterocycles. The van der Waals surface area contributed by atoms with E-state index < -0.39 is 17.7 Å². The molecule has 0 aromatic heterocycles. The van der Waals surface area contributed by atoms with Gasteiger partial charge in [-0.25, -0.2) is 4.79 Å². The van der Waals surface area contributed by atoms with Crippen LogP contribution in [0.3, 0.4) is 0 Å². The first kappa shape index (κ1) is 19.9. The molecule has 8 heteroatoms. The maximum Gasteiger partial charge on any atom is 0.416 e. The van der Waals surface area contributed by atoms with Crippen molar-refractivity contribution in [2.45, 2.75) is 19.0 Å². The van der Waals surface area contributed by atoms with Gasteiger partial charge in [-0.2, -0.15) is 13.2 Å². The molecule has 0 unspecified atom stereocenters. The number of alkyl halides is 3. The quantitative estimate of drug-likeness (QED) is 0.634. The largest absolute Gasteiger partial charge is 0.478 e. The van der Waals surface area contributed by atoms with Gasteiger partial charge in [0.2, 0.25) is 5.91 Å². The molecule has 0 atom stereocenters. The third-order valence-corrected chi connectivity index (χ3v) is 4.59. The van der Waals surface area contributed by atoms with Gasteiger partial charge in [0.25, 0.3) is 0 Å². The minimum Gasteiger partial charge on any atom is -0.478 e. The van der Waals surface area contributed by atoms with E-state index in [1.807, 2.05) is 0 Å². The Bertz CT molecular complexity index is 966. The summed E-state index contributed by atoms with van der Waals surface area (Å²) in [5.41, 5.74) is 0.137. The Balaban J connectivity index is 1.83. The van der Waals surface area contributed by atoms with Crippen LogP contribution in [0.15, 0.2) is 36.4 Å². The van der Waals surface area contributed by atoms with Gasteiger partial charge in [0, 0.05) is 10.9 Å². The second kappa shape index (κ2) is 7.67. The van der Waals surface area contributed by atoms with Gasteiger partial charge in [-0.3, -0.25) is 4.79 Å². The number of hydrogen-bond acceptors (Lipinski definition) is 2. The fourth-order valence-electron chi connectivity index (χ4n) is 2.56. The highest BCUT2D eigenvalue weighted by Gasteiger charge is 2.31. The number of amides is 1. The van der Waals surface area contributed by atoms with Crippen LogP contribution in [-0.2, 0) is 11.0 Å². The van der Waals surface area contributed by atoms with Gasteiger partial charge < -0.3 is 10.4 Å². The van der Waals surface area contributed by atoms with Gasteiger partial charge in [-0.15, -0.1) is 0 Å². The van der Waals surface area contributed by atoms with Crippen molar-refractivity contribution < 1.29 is 27.9 Å². The number of aromatic carboxylic acids is 1. The normalized spacial score (nSPS) is 14.3. The Kier molecular flexibility index (Phi) is 5.47. The summed E-state index contributed by atoms with van der Waals surface area (Å²) in [7, 11) is 0. The Hall–Kier alpha value is -2.80. The van der Waals surface area contributed by atoms with Crippen LogP contribution in [-0.4, -0.2) is 17.0 Å². The molecule has 0 saturated heterocycles. The van der Waals surface area contributed by atoms with E-state index in [1.165, 1.54) is 30.4 Å². The zero-order chi connectivity index (χ0) is 20.5. The van der Waals surface area contributed by atoms with Crippen molar-refractivity contribution in [3.8, 4) is 0 Å². The van der Waals surface area contributed by atoms with E-state index in [0.717, 1.165) is 25.0 Å². The van der Waals surface area contributed by atoms with E-state index in [1.54, 1.807) is 6.07 Å². The van der Waals surface area contributed by atoms with Crippen LogP contribution in [0.1, 0.15) is 39.9 Å². The lowest BCUT2D eigenvalue weighted by molar-refractivity contribution is -0.137. The maximum atomic E-state index is 12.7. The first-order valence-electron chi connectivity index (χ1n) is 8.38. The average molecular weight is 410 g/mol. The summed E-state index contributed by atoms with van der Waals surface area (Å²) in [6.07, 6.45) is 0.133. The average Bonchev–Trinajstić information content (AvgIpc) is 3.45. The molecule has 1 amide bonds. The third kappa shape index (κ3) is 4.72.